The summed E-state index contributed by atoms with van der Waals surface area (Å²) in [6, 6.07) is 31.5. The van der Waals surface area contributed by atoms with Gasteiger partial charge < -0.3 is 4.57 Å². The van der Waals surface area contributed by atoms with Crippen LogP contribution in [0, 0.1) is 0 Å². The van der Waals surface area contributed by atoms with Gasteiger partial charge in [0.15, 0.2) is 0 Å². The fourth-order valence-corrected chi connectivity index (χ4v) is 6.54. The molecule has 0 atom stereocenters. The summed E-state index contributed by atoms with van der Waals surface area (Å²) in [4.78, 5) is 0. The molecule has 6 aromatic rings. The molecule has 31 heavy (non-hydrogen) atoms. The van der Waals surface area contributed by atoms with E-state index < -0.39 is 0 Å². The third kappa shape index (κ3) is 2.15. The Balaban J connectivity index is 1.58. The van der Waals surface area contributed by atoms with E-state index in [0.29, 0.717) is 0 Å². The molecule has 0 saturated carbocycles. The van der Waals surface area contributed by atoms with Crippen LogP contribution in [0.2, 0.25) is 0 Å². The van der Waals surface area contributed by atoms with Gasteiger partial charge in [0.05, 0.1) is 11.0 Å². The number of benzene rings is 4. The molecule has 0 fully saturated rings. The smallest absolute Gasteiger partial charge is 0.0555 e. The van der Waals surface area contributed by atoms with E-state index in [0.717, 1.165) is 0 Å². The quantitative estimate of drug-likeness (QED) is 0.254. The molecule has 148 valence electrons. The second-order valence-corrected chi connectivity index (χ2v) is 9.97. The predicted octanol–water partition coefficient (Wildman–Crippen LogP) is 8.30. The van der Waals surface area contributed by atoms with Crippen LogP contribution in [-0.4, -0.2) is 4.57 Å². The first-order valence-electron chi connectivity index (χ1n) is 10.8. The van der Waals surface area contributed by atoms with Gasteiger partial charge >= 0.3 is 0 Å². The second-order valence-electron chi connectivity index (χ2n) is 9.05. The topological polar surface area (TPSA) is 4.93 Å². The van der Waals surface area contributed by atoms with Crippen molar-refractivity contribution in [3.8, 4) is 16.8 Å². The Morgan fingerprint density at radius 2 is 1.52 bits per heavy atom. The molecule has 2 heterocycles. The Kier molecular flexibility index (Phi) is 3.28. The average Bonchev–Trinajstić information content (AvgIpc) is 3.46. The van der Waals surface area contributed by atoms with E-state index in [1.807, 2.05) is 11.3 Å². The van der Waals surface area contributed by atoms with Crippen molar-refractivity contribution < 1.29 is 0 Å². The van der Waals surface area contributed by atoms with Gasteiger partial charge in [-0.25, -0.2) is 0 Å². The zero-order chi connectivity index (χ0) is 20.7. The zero-order valence-corrected chi connectivity index (χ0v) is 18.3. The van der Waals surface area contributed by atoms with Gasteiger partial charge in [0, 0.05) is 26.6 Å². The van der Waals surface area contributed by atoms with Crippen molar-refractivity contribution in [2.24, 2.45) is 0 Å². The number of rotatable bonds is 1. The Morgan fingerprint density at radius 1 is 0.710 bits per heavy atom. The summed E-state index contributed by atoms with van der Waals surface area (Å²) >= 11 is 1.84. The maximum absolute atomic E-state index is 2.45. The number of aromatic nitrogens is 1. The maximum Gasteiger partial charge on any atom is 0.0555 e. The van der Waals surface area contributed by atoms with Gasteiger partial charge in [0.25, 0.3) is 0 Å². The van der Waals surface area contributed by atoms with E-state index in [4.69, 9.17) is 0 Å². The molecule has 4 aromatic carbocycles. The number of nitrogens with zero attached hydrogens (tertiary/aromatic N) is 1. The summed E-state index contributed by atoms with van der Waals surface area (Å²) in [6.45, 7) is 4.70. The highest BCUT2D eigenvalue weighted by atomic mass is 32.1. The van der Waals surface area contributed by atoms with Crippen LogP contribution in [0.4, 0.5) is 0 Å². The zero-order valence-electron chi connectivity index (χ0n) is 17.5. The maximum atomic E-state index is 2.45. The molecule has 0 amide bonds. The van der Waals surface area contributed by atoms with Gasteiger partial charge in [-0.1, -0.05) is 68.4 Å². The van der Waals surface area contributed by atoms with Crippen LogP contribution >= 0.6 is 11.3 Å². The minimum atomic E-state index is 0.00170. The number of thiophene rings is 1. The minimum Gasteiger partial charge on any atom is -0.309 e. The lowest BCUT2D eigenvalue weighted by Gasteiger charge is -2.22. The molecule has 1 aliphatic carbocycles. The highest BCUT2D eigenvalue weighted by molar-refractivity contribution is 7.18. The SMILES string of the molecule is CC1(C)c2ccccc2-c2ccc(-n3c4ccccc4c4c5sccc5ccc43)cc21. The van der Waals surface area contributed by atoms with Crippen molar-refractivity contribution in [2.45, 2.75) is 19.3 Å². The summed E-state index contributed by atoms with van der Waals surface area (Å²) in [7, 11) is 0. The molecule has 0 unspecified atom stereocenters. The number of hydrogen-bond donors (Lipinski definition) is 0. The minimum absolute atomic E-state index is 0.00170. The van der Waals surface area contributed by atoms with Crippen LogP contribution in [0.25, 0.3) is 48.7 Å². The van der Waals surface area contributed by atoms with Crippen LogP contribution < -0.4 is 0 Å². The summed E-state index contributed by atoms with van der Waals surface area (Å²) in [5, 5.41) is 6.22. The van der Waals surface area contributed by atoms with Crippen molar-refractivity contribution in [1.82, 2.24) is 4.57 Å². The summed E-state index contributed by atoms with van der Waals surface area (Å²) in [5.41, 5.74) is 9.36. The fraction of sp³-hybridized carbons (Fsp3) is 0.103. The van der Waals surface area contributed by atoms with Crippen LogP contribution in [0.5, 0.6) is 0 Å². The van der Waals surface area contributed by atoms with E-state index in [9.17, 15) is 0 Å². The summed E-state index contributed by atoms with van der Waals surface area (Å²) < 4.78 is 3.82. The number of fused-ring (bicyclic) bond motifs is 8. The molecule has 2 heteroatoms. The van der Waals surface area contributed by atoms with Gasteiger partial charge in [-0.15, -0.1) is 11.3 Å². The molecule has 1 nitrogen and oxygen atoms in total. The summed E-state index contributed by atoms with van der Waals surface area (Å²) in [5.74, 6) is 0. The van der Waals surface area contributed by atoms with Gasteiger partial charge in [-0.2, -0.15) is 0 Å². The van der Waals surface area contributed by atoms with E-state index in [1.165, 1.54) is 59.8 Å². The predicted molar refractivity (Wildman–Crippen MR) is 134 cm³/mol. The molecule has 0 bridgehead atoms. The van der Waals surface area contributed by atoms with E-state index >= 15 is 0 Å². The lowest BCUT2D eigenvalue weighted by Crippen LogP contribution is -2.15. The van der Waals surface area contributed by atoms with Crippen LogP contribution in [0.3, 0.4) is 0 Å². The van der Waals surface area contributed by atoms with Crippen molar-refractivity contribution >= 4 is 43.2 Å². The first-order valence-corrected chi connectivity index (χ1v) is 11.7. The Morgan fingerprint density at radius 3 is 2.45 bits per heavy atom. The van der Waals surface area contributed by atoms with Gasteiger partial charge in [0.2, 0.25) is 0 Å². The highest BCUT2D eigenvalue weighted by Gasteiger charge is 2.35. The molecule has 2 aromatic heterocycles. The molecule has 0 radical (unpaired) electrons. The van der Waals surface area contributed by atoms with Crippen LogP contribution in [0.1, 0.15) is 25.0 Å². The number of para-hydroxylation sites is 1. The molecular weight excluding hydrogens is 394 g/mol. The molecule has 7 rings (SSSR count). The average molecular weight is 416 g/mol. The van der Waals surface area contributed by atoms with Crippen molar-refractivity contribution in [3.63, 3.8) is 0 Å². The summed E-state index contributed by atoms with van der Waals surface area (Å²) in [6.07, 6.45) is 0. The van der Waals surface area contributed by atoms with Crippen LogP contribution in [-0.2, 0) is 5.41 Å². The normalized spacial score (nSPS) is 14.4. The Hall–Kier alpha value is -3.36. The van der Waals surface area contributed by atoms with Gasteiger partial charge in [-0.05, 0) is 63.4 Å². The van der Waals surface area contributed by atoms with Gasteiger partial charge in [-0.3, -0.25) is 0 Å². The van der Waals surface area contributed by atoms with E-state index in [2.05, 4.69) is 109 Å². The molecular formula is C29H21NS. The Bertz CT molecular complexity index is 1660. The standard InChI is InChI=1S/C29H21NS/c1-29(2)23-9-5-3-7-20(23)21-13-12-19(17-24(21)29)30-25-10-6-4-8-22(25)27-26(30)14-11-18-15-16-31-28(18)27/h3-17H,1-2H3. The molecule has 0 saturated heterocycles. The lowest BCUT2D eigenvalue weighted by atomic mass is 9.82. The largest absolute Gasteiger partial charge is 0.309 e. The second kappa shape index (κ2) is 5.87. The van der Waals surface area contributed by atoms with Crippen molar-refractivity contribution in [2.75, 3.05) is 0 Å². The molecule has 0 N–H and O–H groups in total. The fourth-order valence-electron chi connectivity index (χ4n) is 5.59. The monoisotopic (exact) mass is 415 g/mol. The lowest BCUT2D eigenvalue weighted by molar-refractivity contribution is 0.660. The van der Waals surface area contributed by atoms with Crippen molar-refractivity contribution in [1.29, 1.82) is 0 Å². The van der Waals surface area contributed by atoms with Crippen LogP contribution in [0.15, 0.2) is 90.3 Å². The van der Waals surface area contributed by atoms with Crippen molar-refractivity contribution in [3.05, 3.63) is 101 Å². The third-order valence-corrected chi connectivity index (χ3v) is 8.03. The number of hydrogen-bond acceptors (Lipinski definition) is 1. The van der Waals surface area contributed by atoms with E-state index in [1.54, 1.807) is 0 Å². The molecule has 1 aliphatic rings. The Labute approximate surface area is 185 Å². The third-order valence-electron chi connectivity index (χ3n) is 7.08. The highest BCUT2D eigenvalue weighted by Crippen LogP contribution is 2.49. The molecule has 0 aliphatic heterocycles. The van der Waals surface area contributed by atoms with E-state index in [-0.39, 0.29) is 5.41 Å². The molecule has 0 spiro atoms. The van der Waals surface area contributed by atoms with Gasteiger partial charge in [0.1, 0.15) is 0 Å². The first-order chi connectivity index (χ1) is 15.1. The first kappa shape index (κ1) is 17.3.